The fourth-order valence-corrected chi connectivity index (χ4v) is 1.47. The van der Waals surface area contributed by atoms with Gasteiger partial charge in [0.2, 0.25) is 0 Å². The molecule has 0 spiro atoms. The van der Waals surface area contributed by atoms with E-state index in [2.05, 4.69) is 0 Å². The second-order valence-corrected chi connectivity index (χ2v) is 4.99. The van der Waals surface area contributed by atoms with Gasteiger partial charge in [-0.15, -0.1) is 0 Å². The lowest BCUT2D eigenvalue weighted by atomic mass is 10.1. The smallest absolute Gasteiger partial charge is 0.324 e. The molecule has 0 aromatic heterocycles. The van der Waals surface area contributed by atoms with Crippen LogP contribution in [0.25, 0.3) is 0 Å². The summed E-state index contributed by atoms with van der Waals surface area (Å²) in [4.78, 5) is 16.7. The third-order valence-electron chi connectivity index (χ3n) is 1.47. The minimum Gasteiger partial charge on any atom is -0.324 e. The number of hydrogen-bond acceptors (Lipinski definition) is 1. The Hall–Kier alpha value is -0.530. The first-order valence-corrected chi connectivity index (χ1v) is 5.94. The lowest BCUT2D eigenvalue weighted by Gasteiger charge is -2.13. The fourth-order valence-electron chi connectivity index (χ4n) is 0.970. The molecule has 0 unspecified atom stereocenters. The second-order valence-electron chi connectivity index (χ2n) is 3.29. The van der Waals surface area contributed by atoms with E-state index in [1.165, 1.54) is 0 Å². The van der Waals surface area contributed by atoms with Crippen molar-refractivity contribution in [2.75, 3.05) is 6.16 Å². The van der Waals surface area contributed by atoms with Gasteiger partial charge >= 0.3 is 19.9 Å². The maximum Gasteiger partial charge on any atom is 0.392 e. The summed E-state index contributed by atoms with van der Waals surface area (Å²) in [6.45, 7) is 0. The zero-order valence-electron chi connectivity index (χ0n) is 8.22. The highest BCUT2D eigenvalue weighted by atomic mass is 31.2. The van der Waals surface area contributed by atoms with E-state index in [9.17, 15) is 30.9 Å². The maximum absolute atomic E-state index is 11.9. The average Bonchev–Trinajstić information content (AvgIpc) is 1.92. The Morgan fingerprint density at radius 2 is 1.35 bits per heavy atom. The molecule has 0 aliphatic rings. The molecule has 2 N–H and O–H groups in total. The largest absolute Gasteiger partial charge is 0.392 e. The number of halogens is 6. The third kappa shape index (κ3) is 11.7. The molecule has 0 heterocycles. The predicted octanol–water partition coefficient (Wildman–Crippen LogP) is 3.00. The molecule has 0 atom stereocenters. The molecule has 0 bridgehead atoms. The van der Waals surface area contributed by atoms with Crippen LogP contribution in [0.2, 0.25) is 0 Å². The van der Waals surface area contributed by atoms with Gasteiger partial charge in [0, 0.05) is 0 Å². The van der Waals surface area contributed by atoms with Crippen molar-refractivity contribution < 1.29 is 40.7 Å². The van der Waals surface area contributed by atoms with Crippen LogP contribution in [0.1, 0.15) is 12.8 Å². The summed E-state index contributed by atoms with van der Waals surface area (Å²) in [6, 6.07) is 0. The van der Waals surface area contributed by atoms with Crippen LogP contribution in [0.5, 0.6) is 0 Å². The molecule has 0 aliphatic heterocycles. The van der Waals surface area contributed by atoms with E-state index in [1.807, 2.05) is 0 Å². The zero-order valence-corrected chi connectivity index (χ0v) is 9.11. The van der Waals surface area contributed by atoms with E-state index in [-0.39, 0.29) is 0 Å². The minimum atomic E-state index is -4.86. The first-order chi connectivity index (χ1) is 7.29. The highest BCUT2D eigenvalue weighted by Gasteiger charge is 2.35. The summed E-state index contributed by atoms with van der Waals surface area (Å²) in [5.41, 5.74) is -1.10. The van der Waals surface area contributed by atoms with Crippen molar-refractivity contribution >= 4 is 7.60 Å². The molecule has 0 aromatic rings. The standard InChI is InChI=1S/C7H9F6O3P/c8-6(9,10)3-5(4-7(11,12)13)1-2-17(14,15)16/h1H,2-4H2,(H2,14,15,16). The first-order valence-electron chi connectivity index (χ1n) is 4.14. The maximum atomic E-state index is 11.9. The van der Waals surface area contributed by atoms with Gasteiger partial charge in [-0.05, 0) is 0 Å². The topological polar surface area (TPSA) is 57.5 Å². The number of rotatable bonds is 4. The van der Waals surface area contributed by atoms with Crippen LogP contribution in [-0.2, 0) is 4.57 Å². The summed E-state index contributed by atoms with van der Waals surface area (Å²) in [6.07, 6.45) is -14.2. The lowest BCUT2D eigenvalue weighted by molar-refractivity contribution is -0.142. The van der Waals surface area contributed by atoms with Crippen LogP contribution in [0.15, 0.2) is 11.6 Å². The normalized spacial score (nSPS) is 13.6. The molecule has 0 radical (unpaired) electrons. The molecular formula is C7H9F6O3P. The van der Waals surface area contributed by atoms with Gasteiger partial charge in [-0.1, -0.05) is 11.6 Å². The highest BCUT2D eigenvalue weighted by molar-refractivity contribution is 7.51. The van der Waals surface area contributed by atoms with Gasteiger partial charge in [0.15, 0.2) is 0 Å². The number of hydrogen-bond donors (Lipinski definition) is 2. The van der Waals surface area contributed by atoms with E-state index in [1.54, 1.807) is 0 Å². The Bertz CT molecular complexity index is 307. The average molecular weight is 286 g/mol. The predicted molar refractivity (Wildman–Crippen MR) is 46.3 cm³/mol. The van der Waals surface area contributed by atoms with E-state index >= 15 is 0 Å². The molecule has 0 rings (SSSR count). The summed E-state index contributed by atoms with van der Waals surface area (Å²) >= 11 is 0. The van der Waals surface area contributed by atoms with Crippen LogP contribution in [0.3, 0.4) is 0 Å². The Morgan fingerprint density at radius 3 is 1.59 bits per heavy atom. The number of alkyl halides is 6. The van der Waals surface area contributed by atoms with Crippen LogP contribution < -0.4 is 0 Å². The molecule has 0 saturated heterocycles. The van der Waals surface area contributed by atoms with Crippen molar-refractivity contribution in [3.8, 4) is 0 Å². The SMILES string of the molecule is O=P(O)(O)CC=C(CC(F)(F)F)CC(F)(F)F. The molecule has 3 nitrogen and oxygen atoms in total. The van der Waals surface area contributed by atoms with Crippen LogP contribution in [-0.4, -0.2) is 28.3 Å². The Morgan fingerprint density at radius 1 is 1.00 bits per heavy atom. The van der Waals surface area contributed by atoms with Crippen LogP contribution in [0.4, 0.5) is 26.3 Å². The van der Waals surface area contributed by atoms with Gasteiger partial charge in [0.25, 0.3) is 0 Å². The monoisotopic (exact) mass is 286 g/mol. The van der Waals surface area contributed by atoms with Crippen LogP contribution >= 0.6 is 7.60 Å². The zero-order chi connectivity index (χ0) is 13.9. The third-order valence-corrected chi connectivity index (χ3v) is 2.13. The molecule has 102 valence electrons. The minimum absolute atomic E-state index is 0.293. The van der Waals surface area contributed by atoms with Crippen molar-refractivity contribution in [2.24, 2.45) is 0 Å². The van der Waals surface area contributed by atoms with Gasteiger partial charge in [-0.25, -0.2) is 0 Å². The van der Waals surface area contributed by atoms with Crippen molar-refractivity contribution in [1.82, 2.24) is 0 Å². The number of allylic oxidation sites excluding steroid dienone is 2. The molecule has 0 amide bonds. The molecule has 0 aliphatic carbocycles. The van der Waals surface area contributed by atoms with E-state index in [0.717, 1.165) is 0 Å². The summed E-state index contributed by atoms with van der Waals surface area (Å²) in [7, 11) is -4.66. The van der Waals surface area contributed by atoms with E-state index in [0.29, 0.717) is 6.08 Å². The van der Waals surface area contributed by atoms with Gasteiger partial charge in [0.1, 0.15) is 0 Å². The summed E-state index contributed by atoms with van der Waals surface area (Å²) < 4.78 is 81.7. The van der Waals surface area contributed by atoms with Crippen molar-refractivity contribution in [3.63, 3.8) is 0 Å². The van der Waals surface area contributed by atoms with Gasteiger partial charge in [0.05, 0.1) is 19.0 Å². The molecule has 0 aromatic carbocycles. The molecule has 17 heavy (non-hydrogen) atoms. The quantitative estimate of drug-likeness (QED) is 0.474. The van der Waals surface area contributed by atoms with Gasteiger partial charge in [-0.3, -0.25) is 4.57 Å². The second kappa shape index (κ2) is 5.41. The Kier molecular flexibility index (Phi) is 5.24. The van der Waals surface area contributed by atoms with Crippen LogP contribution in [0, 0.1) is 0 Å². The first kappa shape index (κ1) is 16.5. The molecular weight excluding hydrogens is 277 g/mol. The van der Waals surface area contributed by atoms with Gasteiger partial charge in [-0.2, -0.15) is 26.3 Å². The summed E-state index contributed by atoms with van der Waals surface area (Å²) in [5.74, 6) is 0. The van der Waals surface area contributed by atoms with E-state index in [4.69, 9.17) is 9.79 Å². The lowest BCUT2D eigenvalue weighted by Crippen LogP contribution is -2.15. The summed E-state index contributed by atoms with van der Waals surface area (Å²) in [5, 5.41) is 0. The molecule has 10 heteroatoms. The Balaban J connectivity index is 4.80. The van der Waals surface area contributed by atoms with Crippen molar-refractivity contribution in [1.29, 1.82) is 0 Å². The Labute approximate surface area is 92.3 Å². The van der Waals surface area contributed by atoms with Gasteiger partial charge < -0.3 is 9.79 Å². The van der Waals surface area contributed by atoms with Crippen molar-refractivity contribution in [2.45, 2.75) is 25.2 Å². The van der Waals surface area contributed by atoms with E-state index < -0.39 is 44.5 Å². The van der Waals surface area contributed by atoms with Crippen molar-refractivity contribution in [3.05, 3.63) is 11.6 Å². The highest BCUT2D eigenvalue weighted by Crippen LogP contribution is 2.37. The molecule has 0 fully saturated rings. The molecule has 0 saturated carbocycles. The fraction of sp³-hybridized carbons (Fsp3) is 0.714.